The minimum Gasteiger partial charge on any atom is -0.445 e. The Kier molecular flexibility index (Phi) is 9.62. The molecule has 250 valence electrons. The minimum atomic E-state index is -2.65. The van der Waals surface area contributed by atoms with Crippen LogP contribution in [-0.2, 0) is 15.8 Å². The topological polar surface area (TPSA) is 118 Å². The van der Waals surface area contributed by atoms with Gasteiger partial charge in [0.25, 0.3) is 19.9 Å². The van der Waals surface area contributed by atoms with Crippen LogP contribution in [0.4, 0.5) is 15.6 Å². The van der Waals surface area contributed by atoms with Crippen molar-refractivity contribution in [2.24, 2.45) is 0 Å². The largest absolute Gasteiger partial charge is 0.445 e. The van der Waals surface area contributed by atoms with Crippen molar-refractivity contribution in [3.05, 3.63) is 112 Å². The summed E-state index contributed by atoms with van der Waals surface area (Å²) in [5.74, 6) is -0.156. The van der Waals surface area contributed by atoms with E-state index in [1.807, 2.05) is 12.1 Å². The van der Waals surface area contributed by atoms with Crippen molar-refractivity contribution >= 4 is 52.8 Å². The summed E-state index contributed by atoms with van der Waals surface area (Å²) in [6.07, 6.45) is -0.448. The summed E-state index contributed by atoms with van der Waals surface area (Å²) in [6, 6.07) is 27.1. The van der Waals surface area contributed by atoms with Crippen molar-refractivity contribution in [3.63, 3.8) is 0 Å². The average Bonchev–Trinajstić information content (AvgIpc) is 3.56. The number of piperazine rings is 1. The Morgan fingerprint density at radius 2 is 1.46 bits per heavy atom. The Bertz CT molecular complexity index is 1700. The molecule has 11 nitrogen and oxygen atoms in total. The van der Waals surface area contributed by atoms with E-state index in [1.54, 1.807) is 27.3 Å². The van der Waals surface area contributed by atoms with Crippen molar-refractivity contribution < 1.29 is 23.7 Å². The van der Waals surface area contributed by atoms with E-state index in [1.165, 1.54) is 33.8 Å². The van der Waals surface area contributed by atoms with E-state index in [-0.39, 0.29) is 29.3 Å². The average molecular weight is 686 g/mol. The number of thiazole rings is 1. The van der Waals surface area contributed by atoms with Gasteiger partial charge in [-0.1, -0.05) is 81.4 Å². The van der Waals surface area contributed by atoms with E-state index in [0.29, 0.717) is 50.5 Å². The maximum Gasteiger partial charge on any atom is 0.410 e. The third kappa shape index (κ3) is 6.84. The predicted molar refractivity (Wildman–Crippen MR) is 188 cm³/mol. The van der Waals surface area contributed by atoms with Crippen LogP contribution in [0.15, 0.2) is 90.3 Å². The van der Waals surface area contributed by atoms with E-state index >= 15 is 0 Å². The summed E-state index contributed by atoms with van der Waals surface area (Å²) in [4.78, 5) is 46.4. The number of nitro groups is 1. The zero-order valence-electron chi connectivity index (χ0n) is 27.3. The van der Waals surface area contributed by atoms with Crippen molar-refractivity contribution in [2.45, 2.75) is 38.5 Å². The SMILES string of the molecule is CC(C)(C)[Si](OC1CN(c2nc(C(=O)N3CCN(C(=O)OCc4ccc([N+](=O)[O-])cc4)CC3)cs2)C1)(c1ccccc1)c1ccccc1. The number of amides is 2. The third-order valence-electron chi connectivity index (χ3n) is 8.92. The van der Waals surface area contributed by atoms with Gasteiger partial charge in [0.2, 0.25) is 0 Å². The number of benzene rings is 3. The molecule has 0 radical (unpaired) electrons. The fraction of sp³-hybridized carbons (Fsp3) is 0.343. The molecule has 0 bridgehead atoms. The summed E-state index contributed by atoms with van der Waals surface area (Å²) < 4.78 is 12.6. The molecule has 0 unspecified atom stereocenters. The maximum absolute atomic E-state index is 13.3. The fourth-order valence-electron chi connectivity index (χ4n) is 6.32. The zero-order valence-corrected chi connectivity index (χ0v) is 29.1. The molecule has 2 saturated heterocycles. The summed E-state index contributed by atoms with van der Waals surface area (Å²) >= 11 is 1.46. The van der Waals surface area contributed by atoms with Crippen LogP contribution in [0.2, 0.25) is 5.04 Å². The Morgan fingerprint density at radius 1 is 0.896 bits per heavy atom. The Hall–Kier alpha value is -4.59. The molecule has 0 aliphatic carbocycles. The highest BCUT2D eigenvalue weighted by Gasteiger charge is 2.52. The molecule has 0 atom stereocenters. The lowest BCUT2D eigenvalue weighted by Crippen LogP contribution is -2.70. The van der Waals surface area contributed by atoms with Gasteiger partial charge in [-0.05, 0) is 33.1 Å². The van der Waals surface area contributed by atoms with Crippen LogP contribution in [0.3, 0.4) is 0 Å². The standard InChI is InChI=1S/C35H39N5O6SSi/c1-35(2,3)48(29-10-6-4-7-11-29,30-12-8-5-9-13-30)46-28-22-39(23-28)33-36-31(25-47-33)32(41)37-18-20-38(21-19-37)34(42)45-24-26-14-16-27(17-15-26)40(43)44/h4-17,25,28H,18-24H2,1-3H3. The lowest BCUT2D eigenvalue weighted by Gasteiger charge is -2.49. The third-order valence-corrected chi connectivity index (χ3v) is 14.9. The van der Waals surface area contributed by atoms with E-state index < -0.39 is 19.3 Å². The molecule has 2 amide bonds. The van der Waals surface area contributed by atoms with Crippen LogP contribution in [-0.4, -0.2) is 85.4 Å². The maximum atomic E-state index is 13.3. The lowest BCUT2D eigenvalue weighted by molar-refractivity contribution is -0.384. The quantitative estimate of drug-likeness (QED) is 0.139. The van der Waals surface area contributed by atoms with Crippen LogP contribution < -0.4 is 15.3 Å². The number of nitro benzene ring substituents is 1. The van der Waals surface area contributed by atoms with E-state index in [0.717, 1.165) is 5.13 Å². The van der Waals surface area contributed by atoms with Gasteiger partial charge in [-0.15, -0.1) is 11.3 Å². The number of non-ortho nitro benzene ring substituents is 1. The highest BCUT2D eigenvalue weighted by atomic mass is 32.1. The smallest absolute Gasteiger partial charge is 0.410 e. The number of rotatable bonds is 9. The Morgan fingerprint density at radius 3 is 2.00 bits per heavy atom. The monoisotopic (exact) mass is 685 g/mol. The minimum absolute atomic E-state index is 0.0118. The molecule has 0 N–H and O–H groups in total. The van der Waals surface area contributed by atoms with Gasteiger partial charge in [0, 0.05) is 56.8 Å². The molecule has 3 aromatic carbocycles. The van der Waals surface area contributed by atoms with Gasteiger partial charge in [-0.25, -0.2) is 9.78 Å². The molecule has 48 heavy (non-hydrogen) atoms. The number of hydrogen-bond acceptors (Lipinski definition) is 9. The molecule has 2 aliphatic heterocycles. The van der Waals surface area contributed by atoms with Crippen LogP contribution in [0.1, 0.15) is 36.8 Å². The number of carbonyl (C=O) groups excluding carboxylic acids is 2. The molecule has 3 heterocycles. The van der Waals surface area contributed by atoms with Gasteiger partial charge < -0.3 is 23.9 Å². The van der Waals surface area contributed by atoms with Crippen LogP contribution in [0.5, 0.6) is 0 Å². The highest BCUT2D eigenvalue weighted by molar-refractivity contribution is 7.14. The second-order valence-electron chi connectivity index (χ2n) is 13.1. The number of nitrogens with zero attached hydrogens (tertiary/aromatic N) is 5. The van der Waals surface area contributed by atoms with Gasteiger partial charge in [0.15, 0.2) is 5.13 Å². The summed E-state index contributed by atoms with van der Waals surface area (Å²) in [5.41, 5.74) is 1.04. The molecule has 2 fully saturated rings. The first-order chi connectivity index (χ1) is 23.0. The number of ether oxygens (including phenoxy) is 1. The van der Waals surface area contributed by atoms with Crippen molar-refractivity contribution in [1.29, 1.82) is 0 Å². The van der Waals surface area contributed by atoms with Gasteiger partial charge in [0.1, 0.15) is 12.3 Å². The van der Waals surface area contributed by atoms with Crippen molar-refractivity contribution in [1.82, 2.24) is 14.8 Å². The first-order valence-electron chi connectivity index (χ1n) is 16.0. The first-order valence-corrected chi connectivity index (χ1v) is 18.8. The van der Waals surface area contributed by atoms with Crippen LogP contribution >= 0.6 is 11.3 Å². The van der Waals surface area contributed by atoms with E-state index in [2.05, 4.69) is 74.2 Å². The molecular weight excluding hydrogens is 647 g/mol. The molecular formula is C35H39N5O6SSi. The Balaban J connectivity index is 1.03. The molecule has 0 spiro atoms. The number of carbonyl (C=O) groups is 2. The Labute approximate surface area is 285 Å². The number of aromatic nitrogens is 1. The molecule has 0 saturated carbocycles. The van der Waals surface area contributed by atoms with Gasteiger partial charge in [-0.2, -0.15) is 0 Å². The predicted octanol–water partition coefficient (Wildman–Crippen LogP) is 4.91. The second kappa shape index (κ2) is 13.9. The van der Waals surface area contributed by atoms with Crippen LogP contribution in [0, 0.1) is 10.1 Å². The normalized spacial score (nSPS) is 15.6. The van der Waals surface area contributed by atoms with Gasteiger partial charge in [-0.3, -0.25) is 14.9 Å². The number of hydrogen-bond donors (Lipinski definition) is 0. The summed E-state index contributed by atoms with van der Waals surface area (Å²) in [5, 5.41) is 15.8. The lowest BCUT2D eigenvalue weighted by atomic mass is 10.2. The number of anilines is 1. The van der Waals surface area contributed by atoms with Gasteiger partial charge in [0.05, 0.1) is 11.0 Å². The first kappa shape index (κ1) is 33.3. The zero-order chi connectivity index (χ0) is 33.9. The summed E-state index contributed by atoms with van der Waals surface area (Å²) in [6.45, 7) is 9.67. The molecule has 6 rings (SSSR count). The van der Waals surface area contributed by atoms with Crippen molar-refractivity contribution in [3.8, 4) is 0 Å². The fourth-order valence-corrected chi connectivity index (χ4v) is 11.8. The second-order valence-corrected chi connectivity index (χ2v) is 18.2. The van der Waals surface area contributed by atoms with Crippen LogP contribution in [0.25, 0.3) is 0 Å². The van der Waals surface area contributed by atoms with E-state index in [4.69, 9.17) is 14.1 Å². The van der Waals surface area contributed by atoms with Gasteiger partial charge >= 0.3 is 6.09 Å². The van der Waals surface area contributed by atoms with Crippen molar-refractivity contribution in [2.75, 3.05) is 44.2 Å². The van der Waals surface area contributed by atoms with E-state index in [9.17, 15) is 19.7 Å². The summed E-state index contributed by atoms with van der Waals surface area (Å²) in [7, 11) is -2.65. The highest BCUT2D eigenvalue weighted by Crippen LogP contribution is 2.39. The molecule has 2 aliphatic rings. The molecule has 1 aromatic heterocycles. The molecule has 4 aromatic rings. The molecule has 13 heteroatoms.